The average molecular weight is 808 g/mol. The van der Waals surface area contributed by atoms with Crippen molar-refractivity contribution < 1.29 is 2.74 Å². The van der Waals surface area contributed by atoms with Crippen molar-refractivity contribution in [2.45, 2.75) is 0 Å². The highest BCUT2D eigenvalue weighted by atomic mass is 15.1. The SMILES string of the molecule is [2H]c1ccc2c3cc(-c4ccc(N(c5ccc(-c6ccccc6)cc5)c5ccc(-c6ccccc6)cc5)cc4)c([2H])cc3n(-c3ccc(N(c4ccccc4)c4ccccc4)cc3)c2c1. The molecule has 0 bridgehead atoms. The van der Waals surface area contributed by atoms with Crippen LogP contribution in [0, 0.1) is 0 Å². The molecule has 0 aliphatic heterocycles. The van der Waals surface area contributed by atoms with E-state index in [1.807, 2.05) is 48.5 Å². The van der Waals surface area contributed by atoms with Crippen molar-refractivity contribution in [3.8, 4) is 39.1 Å². The van der Waals surface area contributed by atoms with Gasteiger partial charge in [-0.05, 0) is 137 Å². The minimum Gasteiger partial charge on any atom is -0.311 e. The second kappa shape index (κ2) is 16.6. The van der Waals surface area contributed by atoms with Crippen LogP contribution in [-0.4, -0.2) is 4.57 Å². The van der Waals surface area contributed by atoms with E-state index in [0.29, 0.717) is 12.1 Å². The van der Waals surface area contributed by atoms with Crippen molar-refractivity contribution in [2.24, 2.45) is 0 Å². The maximum Gasteiger partial charge on any atom is 0.0630 e. The third-order valence-corrected chi connectivity index (χ3v) is 11.8. The lowest BCUT2D eigenvalue weighted by molar-refractivity contribution is 1.17. The Hall–Kier alpha value is -8.40. The number of hydrogen-bond acceptors (Lipinski definition) is 2. The molecule has 0 saturated carbocycles. The van der Waals surface area contributed by atoms with Crippen LogP contribution in [0.2, 0.25) is 0 Å². The Morgan fingerprint density at radius 1 is 0.286 bits per heavy atom. The van der Waals surface area contributed by atoms with E-state index in [1.165, 1.54) is 11.1 Å². The van der Waals surface area contributed by atoms with E-state index in [1.54, 1.807) is 0 Å². The smallest absolute Gasteiger partial charge is 0.0630 e. The molecule has 1 heterocycles. The molecular formula is C60H43N3. The maximum absolute atomic E-state index is 9.47. The number of para-hydroxylation sites is 3. The first-order chi connectivity index (χ1) is 32.1. The van der Waals surface area contributed by atoms with Crippen molar-refractivity contribution in [1.82, 2.24) is 4.57 Å². The van der Waals surface area contributed by atoms with Crippen LogP contribution in [0.25, 0.3) is 60.9 Å². The van der Waals surface area contributed by atoms with Crippen molar-refractivity contribution in [2.75, 3.05) is 9.80 Å². The van der Waals surface area contributed by atoms with Crippen LogP contribution in [0.5, 0.6) is 0 Å². The Balaban J connectivity index is 0.965. The van der Waals surface area contributed by atoms with E-state index in [2.05, 4.69) is 215 Å². The molecule has 11 rings (SSSR count). The Morgan fingerprint density at radius 2 is 0.651 bits per heavy atom. The molecule has 0 amide bonds. The number of anilines is 6. The lowest BCUT2D eigenvalue weighted by Crippen LogP contribution is -2.09. The van der Waals surface area contributed by atoms with Gasteiger partial charge < -0.3 is 14.4 Å². The number of benzene rings is 10. The monoisotopic (exact) mass is 807 g/mol. The summed E-state index contributed by atoms with van der Waals surface area (Å²) >= 11 is 0. The number of fused-ring (bicyclic) bond motifs is 3. The molecule has 3 nitrogen and oxygen atoms in total. The predicted molar refractivity (Wildman–Crippen MR) is 266 cm³/mol. The summed E-state index contributed by atoms with van der Waals surface area (Å²) in [5.74, 6) is 0. The normalized spacial score (nSPS) is 11.6. The van der Waals surface area contributed by atoms with E-state index in [9.17, 15) is 1.37 Å². The van der Waals surface area contributed by atoms with Crippen molar-refractivity contribution >= 4 is 55.9 Å². The summed E-state index contributed by atoms with van der Waals surface area (Å²) in [6, 6.07) is 87.1. The van der Waals surface area contributed by atoms with Crippen molar-refractivity contribution in [3.63, 3.8) is 0 Å². The first-order valence-corrected chi connectivity index (χ1v) is 21.3. The highest BCUT2D eigenvalue weighted by molar-refractivity contribution is 6.10. The molecule has 298 valence electrons. The van der Waals surface area contributed by atoms with Crippen LogP contribution in [0.1, 0.15) is 2.74 Å². The van der Waals surface area contributed by atoms with Crippen LogP contribution in [0.3, 0.4) is 0 Å². The number of rotatable bonds is 10. The Labute approximate surface area is 371 Å². The lowest BCUT2D eigenvalue weighted by atomic mass is 10.0. The van der Waals surface area contributed by atoms with Crippen LogP contribution >= 0.6 is 0 Å². The minimum atomic E-state index is 0.432. The fourth-order valence-electron chi connectivity index (χ4n) is 8.75. The van der Waals surface area contributed by atoms with Crippen LogP contribution in [0.15, 0.2) is 261 Å². The van der Waals surface area contributed by atoms with Gasteiger partial charge in [-0.25, -0.2) is 0 Å². The van der Waals surface area contributed by atoms with Gasteiger partial charge in [0.1, 0.15) is 0 Å². The van der Waals surface area contributed by atoms with Crippen molar-refractivity contribution in [1.29, 1.82) is 0 Å². The predicted octanol–water partition coefficient (Wildman–Crippen LogP) is 16.7. The van der Waals surface area contributed by atoms with Crippen LogP contribution < -0.4 is 9.80 Å². The quantitative estimate of drug-likeness (QED) is 0.136. The molecule has 0 fully saturated rings. The molecule has 0 unspecified atom stereocenters. The van der Waals surface area contributed by atoms with Crippen LogP contribution in [-0.2, 0) is 0 Å². The summed E-state index contributed by atoms with van der Waals surface area (Å²) in [6.07, 6.45) is 0. The van der Waals surface area contributed by atoms with E-state index < -0.39 is 0 Å². The fourth-order valence-corrected chi connectivity index (χ4v) is 8.75. The summed E-state index contributed by atoms with van der Waals surface area (Å²) in [4.78, 5) is 4.54. The van der Waals surface area contributed by atoms with Gasteiger partial charge >= 0.3 is 0 Å². The maximum atomic E-state index is 9.47. The summed E-state index contributed by atoms with van der Waals surface area (Å²) in [5.41, 5.74) is 15.6. The standard InChI is InChI=1S/C60H43N3/c1-5-15-44(16-6-1)46-25-32-52(33-26-46)62(53-34-27-47(28-35-53)45-17-7-2-8-18-45)54-36-29-48(30-37-54)49-31-42-60-58(43-49)57-23-13-14-24-59(57)63(60)56-40-38-55(39-41-56)61(50-19-9-3-10-20-50)51-21-11-4-12-22-51/h1-43H/i14D,31D. The lowest BCUT2D eigenvalue weighted by Gasteiger charge is -2.26. The number of hydrogen-bond donors (Lipinski definition) is 0. The average Bonchev–Trinajstić information content (AvgIpc) is 3.67. The highest BCUT2D eigenvalue weighted by Gasteiger charge is 2.17. The second-order valence-corrected chi connectivity index (χ2v) is 15.7. The van der Waals surface area contributed by atoms with Gasteiger partial charge in [0.25, 0.3) is 0 Å². The zero-order chi connectivity index (χ0) is 43.7. The number of aromatic nitrogens is 1. The van der Waals surface area contributed by atoms with Gasteiger partial charge in [0.05, 0.1) is 13.8 Å². The van der Waals surface area contributed by atoms with Crippen molar-refractivity contribution in [3.05, 3.63) is 261 Å². The molecule has 0 N–H and O–H groups in total. The molecule has 0 atom stereocenters. The van der Waals surface area contributed by atoms with Gasteiger partial charge in [-0.2, -0.15) is 0 Å². The van der Waals surface area contributed by atoms with E-state index in [-0.39, 0.29) is 0 Å². The minimum absolute atomic E-state index is 0.432. The molecule has 3 heteroatoms. The molecule has 0 aliphatic rings. The summed E-state index contributed by atoms with van der Waals surface area (Å²) in [5, 5.41) is 2.07. The molecule has 1 aromatic heterocycles. The van der Waals surface area contributed by atoms with E-state index in [0.717, 1.165) is 83.9 Å². The van der Waals surface area contributed by atoms with Gasteiger partial charge in [-0.15, -0.1) is 0 Å². The Morgan fingerprint density at radius 3 is 1.11 bits per heavy atom. The van der Waals surface area contributed by atoms with Crippen LogP contribution in [0.4, 0.5) is 34.1 Å². The Bertz CT molecular complexity index is 3270. The summed E-state index contributed by atoms with van der Waals surface area (Å²) in [6.45, 7) is 0. The number of nitrogens with zero attached hydrogens (tertiary/aromatic N) is 3. The first-order valence-electron chi connectivity index (χ1n) is 22.3. The molecule has 0 radical (unpaired) electrons. The third-order valence-electron chi connectivity index (χ3n) is 11.8. The molecule has 11 aromatic rings. The first kappa shape index (κ1) is 35.4. The highest BCUT2D eigenvalue weighted by Crippen LogP contribution is 2.40. The summed E-state index contributed by atoms with van der Waals surface area (Å²) < 4.78 is 20.3. The molecular weight excluding hydrogens is 763 g/mol. The van der Waals surface area contributed by atoms with Gasteiger partial charge in [0.15, 0.2) is 0 Å². The largest absolute Gasteiger partial charge is 0.311 e. The molecule has 10 aromatic carbocycles. The Kier molecular flexibility index (Phi) is 9.30. The topological polar surface area (TPSA) is 11.4 Å². The molecule has 0 spiro atoms. The zero-order valence-corrected chi connectivity index (χ0v) is 34.5. The molecule has 63 heavy (non-hydrogen) atoms. The van der Waals surface area contributed by atoms with Gasteiger partial charge in [-0.3, -0.25) is 0 Å². The second-order valence-electron chi connectivity index (χ2n) is 15.7. The molecule has 0 aliphatic carbocycles. The summed E-state index contributed by atoms with van der Waals surface area (Å²) in [7, 11) is 0. The molecule has 0 saturated heterocycles. The van der Waals surface area contributed by atoms with Gasteiger partial charge in [0.2, 0.25) is 0 Å². The van der Waals surface area contributed by atoms with E-state index in [4.69, 9.17) is 1.37 Å². The van der Waals surface area contributed by atoms with Gasteiger partial charge in [-0.1, -0.05) is 158 Å². The van der Waals surface area contributed by atoms with Gasteiger partial charge in [0, 0.05) is 50.6 Å². The fraction of sp³-hybridized carbons (Fsp3) is 0. The third kappa shape index (κ3) is 7.32. The zero-order valence-electron chi connectivity index (χ0n) is 36.5. The van der Waals surface area contributed by atoms with E-state index >= 15 is 0 Å².